The fourth-order valence-corrected chi connectivity index (χ4v) is 2.33. The smallest absolute Gasteiger partial charge is 0.254 e. The lowest BCUT2D eigenvalue weighted by molar-refractivity contribution is 0.542. The predicted molar refractivity (Wildman–Crippen MR) is 83.8 cm³/mol. The number of aromatic amines is 1. The Morgan fingerprint density at radius 2 is 1.85 bits per heavy atom. The molecule has 0 atom stereocenters. The van der Waals surface area contributed by atoms with Crippen LogP contribution in [-0.2, 0) is 5.41 Å². The van der Waals surface area contributed by atoms with Gasteiger partial charge in [-0.1, -0.05) is 44.0 Å². The Bertz CT molecular complexity index is 715. The first-order chi connectivity index (χ1) is 9.20. The van der Waals surface area contributed by atoms with E-state index in [0.717, 1.165) is 0 Å². The second-order valence-electron chi connectivity index (χ2n) is 5.76. The van der Waals surface area contributed by atoms with Gasteiger partial charge in [0.2, 0.25) is 0 Å². The summed E-state index contributed by atoms with van der Waals surface area (Å²) in [4.78, 5) is 19.5. The molecule has 0 aliphatic carbocycles. The van der Waals surface area contributed by atoms with Gasteiger partial charge in [-0.3, -0.25) is 4.79 Å². The molecule has 0 unspecified atom stereocenters. The molecule has 0 aliphatic heterocycles. The third-order valence-electron chi connectivity index (χ3n) is 3.05. The molecule has 1 aromatic heterocycles. The Hall–Kier alpha value is -1.32. The van der Waals surface area contributed by atoms with Gasteiger partial charge >= 0.3 is 0 Å². The molecule has 0 saturated heterocycles. The zero-order valence-corrected chi connectivity index (χ0v) is 13.4. The summed E-state index contributed by atoms with van der Waals surface area (Å²) in [5.41, 5.74) is 1.46. The molecule has 0 aliphatic rings. The molecule has 2 rings (SSSR count). The standard InChI is InChI=1S/C15H16Cl2N2O/c1-8-12(10-6-5-9(16)7-11(10)17)18-14(15(2,3)4)19-13(8)20/h5-7H,1-4H3,(H,18,19,20). The molecule has 0 fully saturated rings. The highest BCUT2D eigenvalue weighted by atomic mass is 35.5. The van der Waals surface area contributed by atoms with Crippen LogP contribution in [0.15, 0.2) is 23.0 Å². The van der Waals surface area contributed by atoms with Crippen LogP contribution in [0.4, 0.5) is 0 Å². The summed E-state index contributed by atoms with van der Waals surface area (Å²) >= 11 is 12.1. The maximum absolute atomic E-state index is 12.1. The van der Waals surface area contributed by atoms with Crippen molar-refractivity contribution >= 4 is 23.2 Å². The minimum atomic E-state index is -0.249. The summed E-state index contributed by atoms with van der Waals surface area (Å²) in [6.45, 7) is 7.72. The van der Waals surface area contributed by atoms with Crippen LogP contribution < -0.4 is 5.56 Å². The molecule has 20 heavy (non-hydrogen) atoms. The van der Waals surface area contributed by atoms with Crippen molar-refractivity contribution in [1.29, 1.82) is 0 Å². The van der Waals surface area contributed by atoms with Crippen LogP contribution in [0.3, 0.4) is 0 Å². The third kappa shape index (κ3) is 2.89. The summed E-state index contributed by atoms with van der Waals surface area (Å²) in [6.07, 6.45) is 0. The molecule has 0 radical (unpaired) electrons. The van der Waals surface area contributed by atoms with E-state index in [1.54, 1.807) is 25.1 Å². The van der Waals surface area contributed by atoms with E-state index in [1.807, 2.05) is 20.8 Å². The lowest BCUT2D eigenvalue weighted by Crippen LogP contribution is -2.24. The van der Waals surface area contributed by atoms with Crippen LogP contribution in [0.5, 0.6) is 0 Å². The number of hydrogen-bond donors (Lipinski definition) is 1. The molecule has 0 amide bonds. The normalized spacial score (nSPS) is 11.7. The first kappa shape index (κ1) is 15.1. The van der Waals surface area contributed by atoms with Gasteiger partial charge in [0.25, 0.3) is 5.56 Å². The zero-order chi connectivity index (χ0) is 15.1. The second kappa shape index (κ2) is 5.23. The Morgan fingerprint density at radius 1 is 1.20 bits per heavy atom. The quantitative estimate of drug-likeness (QED) is 0.851. The molecule has 0 spiro atoms. The van der Waals surface area contributed by atoms with Crippen molar-refractivity contribution in [3.63, 3.8) is 0 Å². The van der Waals surface area contributed by atoms with E-state index >= 15 is 0 Å². The molecule has 5 heteroatoms. The maximum atomic E-state index is 12.1. The van der Waals surface area contributed by atoms with Crippen LogP contribution >= 0.6 is 23.2 Å². The van der Waals surface area contributed by atoms with E-state index in [2.05, 4.69) is 9.97 Å². The highest BCUT2D eigenvalue weighted by Gasteiger charge is 2.20. The number of aromatic nitrogens is 2. The highest BCUT2D eigenvalue weighted by Crippen LogP contribution is 2.31. The first-order valence-electron chi connectivity index (χ1n) is 6.27. The zero-order valence-electron chi connectivity index (χ0n) is 11.8. The number of benzene rings is 1. The molecule has 1 aromatic carbocycles. The lowest BCUT2D eigenvalue weighted by Gasteiger charge is -2.19. The summed E-state index contributed by atoms with van der Waals surface area (Å²) in [5, 5.41) is 1.04. The Balaban J connectivity index is 2.73. The average Bonchev–Trinajstić information content (AvgIpc) is 2.32. The van der Waals surface area contributed by atoms with Crippen molar-refractivity contribution in [1.82, 2.24) is 9.97 Å². The number of rotatable bonds is 1. The molecule has 2 aromatic rings. The van der Waals surface area contributed by atoms with Gasteiger partial charge in [0.15, 0.2) is 0 Å². The van der Waals surface area contributed by atoms with Crippen molar-refractivity contribution in [3.05, 3.63) is 50.0 Å². The van der Waals surface area contributed by atoms with Gasteiger partial charge < -0.3 is 4.98 Å². The van der Waals surface area contributed by atoms with Crippen molar-refractivity contribution in [3.8, 4) is 11.3 Å². The monoisotopic (exact) mass is 310 g/mol. The van der Waals surface area contributed by atoms with E-state index in [1.165, 1.54) is 0 Å². The Morgan fingerprint density at radius 3 is 2.40 bits per heavy atom. The van der Waals surface area contributed by atoms with Crippen molar-refractivity contribution < 1.29 is 0 Å². The Labute approximate surface area is 128 Å². The largest absolute Gasteiger partial charge is 0.310 e. The molecular weight excluding hydrogens is 295 g/mol. The van der Waals surface area contributed by atoms with Gasteiger partial charge in [-0.2, -0.15) is 0 Å². The fourth-order valence-electron chi connectivity index (χ4n) is 1.83. The molecular formula is C15H16Cl2N2O. The van der Waals surface area contributed by atoms with Gasteiger partial charge in [0.05, 0.1) is 10.7 Å². The summed E-state index contributed by atoms with van der Waals surface area (Å²) in [5.74, 6) is 0.633. The lowest BCUT2D eigenvalue weighted by atomic mass is 9.95. The molecule has 0 saturated carbocycles. The Kier molecular flexibility index (Phi) is 3.94. The molecule has 1 N–H and O–H groups in total. The van der Waals surface area contributed by atoms with Crippen LogP contribution in [0.2, 0.25) is 10.0 Å². The number of hydrogen-bond acceptors (Lipinski definition) is 2. The van der Waals surface area contributed by atoms with E-state index in [0.29, 0.717) is 32.7 Å². The number of nitrogens with one attached hydrogen (secondary N) is 1. The summed E-state index contributed by atoms with van der Waals surface area (Å²) in [6, 6.07) is 5.17. The third-order valence-corrected chi connectivity index (χ3v) is 3.60. The number of nitrogens with zero attached hydrogens (tertiary/aromatic N) is 1. The van der Waals surface area contributed by atoms with Crippen LogP contribution in [0.1, 0.15) is 32.2 Å². The summed E-state index contributed by atoms with van der Waals surface area (Å²) in [7, 11) is 0. The van der Waals surface area contributed by atoms with Crippen molar-refractivity contribution in [2.45, 2.75) is 33.1 Å². The maximum Gasteiger partial charge on any atom is 0.254 e. The van der Waals surface area contributed by atoms with E-state index in [-0.39, 0.29) is 11.0 Å². The van der Waals surface area contributed by atoms with E-state index in [4.69, 9.17) is 23.2 Å². The van der Waals surface area contributed by atoms with Gasteiger partial charge in [0, 0.05) is 21.6 Å². The fraction of sp³-hybridized carbons (Fsp3) is 0.333. The van der Waals surface area contributed by atoms with Crippen molar-refractivity contribution in [2.24, 2.45) is 0 Å². The van der Waals surface area contributed by atoms with Crippen LogP contribution in [-0.4, -0.2) is 9.97 Å². The molecule has 3 nitrogen and oxygen atoms in total. The molecule has 0 bridgehead atoms. The van der Waals surface area contributed by atoms with Gasteiger partial charge in [-0.15, -0.1) is 0 Å². The minimum Gasteiger partial charge on any atom is -0.310 e. The van der Waals surface area contributed by atoms with Crippen molar-refractivity contribution in [2.75, 3.05) is 0 Å². The number of H-pyrrole nitrogens is 1. The predicted octanol–water partition coefficient (Wildman–Crippen LogP) is 4.35. The molecule has 106 valence electrons. The first-order valence-corrected chi connectivity index (χ1v) is 7.02. The van der Waals surface area contributed by atoms with E-state index in [9.17, 15) is 4.79 Å². The SMILES string of the molecule is Cc1c(-c2ccc(Cl)cc2Cl)nc(C(C)(C)C)[nH]c1=O. The van der Waals surface area contributed by atoms with Crippen LogP contribution in [0.25, 0.3) is 11.3 Å². The minimum absolute atomic E-state index is 0.147. The van der Waals surface area contributed by atoms with Gasteiger partial charge in [-0.25, -0.2) is 4.98 Å². The number of halogens is 2. The van der Waals surface area contributed by atoms with Gasteiger partial charge in [0.1, 0.15) is 5.82 Å². The van der Waals surface area contributed by atoms with Crippen LogP contribution in [0, 0.1) is 6.92 Å². The summed E-state index contributed by atoms with van der Waals surface area (Å²) < 4.78 is 0. The molecule has 1 heterocycles. The van der Waals surface area contributed by atoms with E-state index < -0.39 is 0 Å². The van der Waals surface area contributed by atoms with Gasteiger partial charge in [-0.05, 0) is 25.1 Å². The average molecular weight is 311 g/mol. The highest BCUT2D eigenvalue weighted by molar-refractivity contribution is 6.36. The topological polar surface area (TPSA) is 45.8 Å². The second-order valence-corrected chi connectivity index (χ2v) is 6.61.